The molecule has 0 N–H and O–H groups in total. The molecule has 0 unspecified atom stereocenters. The molecule has 0 aromatic carbocycles. The van der Waals surface area contributed by atoms with Crippen LogP contribution in [0, 0.1) is 18.7 Å². The van der Waals surface area contributed by atoms with Crippen molar-refractivity contribution >= 4 is 0 Å². The van der Waals surface area contributed by atoms with Gasteiger partial charge in [0.2, 0.25) is 0 Å². The van der Waals surface area contributed by atoms with Gasteiger partial charge in [-0.05, 0) is 0 Å². The molecule has 0 aliphatic carbocycles. The van der Waals surface area contributed by atoms with E-state index in [1.807, 2.05) is 13.8 Å². The SMILES string of the molecule is [CH2+]C(C)(C)COC#[O+]. The van der Waals surface area contributed by atoms with Gasteiger partial charge in [0.05, 0.1) is 0 Å². The summed E-state index contributed by atoms with van der Waals surface area (Å²) in [6.07, 6.45) is 1.33. The fourth-order valence-corrected chi connectivity index (χ4v) is 0.225. The molecule has 0 aromatic rings. The van der Waals surface area contributed by atoms with Crippen molar-refractivity contribution in [1.29, 1.82) is 0 Å². The molecule has 0 saturated heterocycles. The van der Waals surface area contributed by atoms with Crippen molar-refractivity contribution in [3.05, 3.63) is 6.92 Å². The van der Waals surface area contributed by atoms with E-state index >= 15 is 0 Å². The van der Waals surface area contributed by atoms with Crippen LogP contribution in [0.1, 0.15) is 13.8 Å². The molecule has 0 rings (SSSR count). The number of ether oxygens (including phenoxy) is 1. The van der Waals surface area contributed by atoms with E-state index in [9.17, 15) is 4.65 Å². The number of rotatable bonds is 2. The molecular weight excluding hydrogens is 104 g/mol. The second kappa shape index (κ2) is 2.65. The first-order chi connectivity index (χ1) is 3.56. The van der Waals surface area contributed by atoms with Crippen molar-refractivity contribution in [1.82, 2.24) is 0 Å². The van der Waals surface area contributed by atoms with Gasteiger partial charge in [-0.15, -0.1) is 0 Å². The van der Waals surface area contributed by atoms with Gasteiger partial charge in [-0.25, -0.2) is 0 Å². The molecule has 0 aliphatic rings. The number of hydrogen-bond donors (Lipinski definition) is 0. The van der Waals surface area contributed by atoms with Gasteiger partial charge in [-0.1, -0.05) is 0 Å². The topological polar surface area (TPSA) is 29.1 Å². The molecule has 0 atom stereocenters. The van der Waals surface area contributed by atoms with Crippen molar-refractivity contribution in [2.45, 2.75) is 13.8 Å². The van der Waals surface area contributed by atoms with Gasteiger partial charge in [0.15, 0.2) is 0 Å². The van der Waals surface area contributed by atoms with Gasteiger partial charge in [-0.2, -0.15) is 0 Å². The molecule has 0 spiro atoms. The van der Waals surface area contributed by atoms with E-state index in [2.05, 4.69) is 11.7 Å². The van der Waals surface area contributed by atoms with Gasteiger partial charge in [-0.3, -0.25) is 0 Å². The Bertz CT molecular complexity index is 94.1. The third-order valence-corrected chi connectivity index (χ3v) is 0.522. The maximum atomic E-state index is 9.48. The van der Waals surface area contributed by atoms with Crippen LogP contribution in [-0.2, 0) is 9.39 Å². The molecule has 8 heavy (non-hydrogen) atoms. The zero-order chi connectivity index (χ0) is 6.62. The quantitative estimate of drug-likeness (QED) is 0.392. The number of hydrogen-bond acceptors (Lipinski definition) is 1. The molecule has 0 heterocycles. The van der Waals surface area contributed by atoms with Crippen molar-refractivity contribution in [3.63, 3.8) is 0 Å². The molecule has 0 bridgehead atoms. The van der Waals surface area contributed by atoms with Crippen LogP contribution in [0.25, 0.3) is 0 Å². The molecule has 0 aromatic heterocycles. The van der Waals surface area contributed by atoms with Crippen molar-refractivity contribution in [2.24, 2.45) is 5.41 Å². The summed E-state index contributed by atoms with van der Waals surface area (Å²) in [5, 5.41) is 0. The third-order valence-electron chi connectivity index (χ3n) is 0.522. The van der Waals surface area contributed by atoms with Crippen LogP contribution < -0.4 is 0 Å². The Balaban J connectivity index is 3.28. The minimum absolute atomic E-state index is 0.183. The Morgan fingerprint density at radius 1 is 1.75 bits per heavy atom. The average molecular weight is 114 g/mol. The van der Waals surface area contributed by atoms with Crippen LogP contribution in [0.4, 0.5) is 0 Å². The van der Waals surface area contributed by atoms with Gasteiger partial charge >= 0.3 is 48.5 Å². The summed E-state index contributed by atoms with van der Waals surface area (Å²) < 4.78 is 13.8. The third kappa shape index (κ3) is 5.41. The molecular formula is C6H10O2+2. The summed E-state index contributed by atoms with van der Waals surface area (Å²) in [5.41, 5.74) is -0.183. The fraction of sp³-hybridized carbons (Fsp3) is 0.667. The van der Waals surface area contributed by atoms with Crippen LogP contribution in [0.3, 0.4) is 0 Å². The Kier molecular flexibility index (Phi) is 2.46. The molecule has 0 amide bonds. The molecule has 44 valence electrons. The minimum atomic E-state index is -0.183. The predicted molar refractivity (Wildman–Crippen MR) is 29.7 cm³/mol. The van der Waals surface area contributed by atoms with E-state index in [0.717, 1.165) is 0 Å². The van der Waals surface area contributed by atoms with Gasteiger partial charge in [0.25, 0.3) is 0 Å². The van der Waals surface area contributed by atoms with Crippen LogP contribution in [-0.4, -0.2) is 6.61 Å². The van der Waals surface area contributed by atoms with E-state index in [-0.39, 0.29) is 5.41 Å². The first-order valence-electron chi connectivity index (χ1n) is 2.40. The standard InChI is InChI=1S/C6H10O2/c1-6(2,3)4-8-5-7/h1,4H2,2-3H3/q+2. The summed E-state index contributed by atoms with van der Waals surface area (Å²) in [7, 11) is 0. The Morgan fingerprint density at radius 2 is 2.25 bits per heavy atom. The van der Waals surface area contributed by atoms with E-state index in [1.54, 1.807) is 0 Å². The van der Waals surface area contributed by atoms with Crippen molar-refractivity contribution < 1.29 is 9.39 Å². The van der Waals surface area contributed by atoms with Crippen molar-refractivity contribution in [2.75, 3.05) is 6.61 Å². The Labute approximate surface area is 49.6 Å². The molecule has 0 saturated carbocycles. The van der Waals surface area contributed by atoms with E-state index in [1.165, 1.54) is 6.33 Å². The predicted octanol–water partition coefficient (Wildman–Crippen LogP) is 1.21. The van der Waals surface area contributed by atoms with E-state index < -0.39 is 0 Å². The zero-order valence-corrected chi connectivity index (χ0v) is 5.23. The van der Waals surface area contributed by atoms with Crippen LogP contribution in [0.5, 0.6) is 0 Å². The summed E-state index contributed by atoms with van der Waals surface area (Å²) in [5.74, 6) is 0. The zero-order valence-electron chi connectivity index (χ0n) is 5.23. The van der Waals surface area contributed by atoms with Crippen molar-refractivity contribution in [3.8, 4) is 6.33 Å². The molecule has 2 heteroatoms. The monoisotopic (exact) mass is 114 g/mol. The average Bonchev–Trinajstić information content (AvgIpc) is 1.59. The Hall–Kier alpha value is -0.590. The van der Waals surface area contributed by atoms with Crippen LogP contribution >= 0.6 is 0 Å². The fourth-order valence-electron chi connectivity index (χ4n) is 0.225. The Morgan fingerprint density at radius 3 is 2.38 bits per heavy atom. The molecule has 0 fully saturated rings. The summed E-state index contributed by atoms with van der Waals surface area (Å²) in [6.45, 7) is 7.79. The van der Waals surface area contributed by atoms with Crippen LogP contribution in [0.15, 0.2) is 0 Å². The van der Waals surface area contributed by atoms with E-state index in [0.29, 0.717) is 6.61 Å². The van der Waals surface area contributed by atoms with Crippen LogP contribution in [0.2, 0.25) is 0 Å². The molecule has 0 radical (unpaired) electrons. The normalized spacial score (nSPS) is 10.1. The summed E-state index contributed by atoms with van der Waals surface area (Å²) >= 11 is 0. The first kappa shape index (κ1) is 7.41. The second-order valence-corrected chi connectivity index (χ2v) is 2.54. The summed E-state index contributed by atoms with van der Waals surface area (Å²) in [6, 6.07) is 0. The molecule has 2 nitrogen and oxygen atoms in total. The van der Waals surface area contributed by atoms with E-state index in [4.69, 9.17) is 0 Å². The second-order valence-electron chi connectivity index (χ2n) is 2.54. The van der Waals surface area contributed by atoms with Gasteiger partial charge in [0, 0.05) is 0 Å². The van der Waals surface area contributed by atoms with Gasteiger partial charge < -0.3 is 0 Å². The maximum absolute atomic E-state index is 9.48. The molecule has 0 aliphatic heterocycles. The summed E-state index contributed by atoms with van der Waals surface area (Å²) in [4.78, 5) is 0. The van der Waals surface area contributed by atoms with Gasteiger partial charge in [0.1, 0.15) is 0 Å². The first-order valence-corrected chi connectivity index (χ1v) is 2.40.